The number of carbonyl (C=O) groups excluding carboxylic acids is 1. The molecule has 3 nitrogen and oxygen atoms in total. The third kappa shape index (κ3) is 3.43. The number of carbonyl (C=O) groups is 1. The first-order valence-corrected chi connectivity index (χ1v) is 7.27. The van der Waals surface area contributed by atoms with E-state index in [1.54, 1.807) is 0 Å². The average Bonchev–Trinajstić information content (AvgIpc) is 2.92. The van der Waals surface area contributed by atoms with Gasteiger partial charge in [0.15, 0.2) is 0 Å². The predicted octanol–water partition coefficient (Wildman–Crippen LogP) is 2.79. The Morgan fingerprint density at radius 2 is 2.10 bits per heavy atom. The fourth-order valence-corrected chi connectivity index (χ4v) is 2.62. The maximum absolute atomic E-state index is 12.0. The molecule has 0 aromatic heterocycles. The fourth-order valence-electron chi connectivity index (χ4n) is 2.62. The van der Waals surface area contributed by atoms with Crippen LogP contribution in [0.3, 0.4) is 0 Å². The first-order valence-electron chi connectivity index (χ1n) is 7.27. The molecule has 21 heavy (non-hydrogen) atoms. The molecule has 2 aromatic carbocycles. The quantitative estimate of drug-likeness (QED) is 0.936. The largest absolute Gasteiger partial charge is 0.493 e. The van der Waals surface area contributed by atoms with E-state index in [9.17, 15) is 4.79 Å². The summed E-state index contributed by atoms with van der Waals surface area (Å²) in [5.41, 5.74) is 4.59. The van der Waals surface area contributed by atoms with Gasteiger partial charge >= 0.3 is 0 Å². The second-order valence-corrected chi connectivity index (χ2v) is 5.48. The monoisotopic (exact) mass is 281 g/mol. The van der Waals surface area contributed by atoms with E-state index in [2.05, 4.69) is 11.4 Å². The van der Waals surface area contributed by atoms with Crippen LogP contribution in [-0.4, -0.2) is 12.5 Å². The number of benzene rings is 2. The molecular weight excluding hydrogens is 262 g/mol. The molecular formula is C18H19NO2. The zero-order valence-corrected chi connectivity index (χ0v) is 12.2. The standard InChI is InChI=1S/C18H19NO2/c1-13-3-2-4-14(9-13)11-18(20)19-12-15-5-6-17-16(10-15)7-8-21-17/h2-6,9-10H,7-8,11-12H2,1H3,(H,19,20). The Morgan fingerprint density at radius 1 is 1.19 bits per heavy atom. The van der Waals surface area contributed by atoms with Crippen LogP contribution < -0.4 is 10.1 Å². The smallest absolute Gasteiger partial charge is 0.224 e. The number of amides is 1. The van der Waals surface area contributed by atoms with Gasteiger partial charge in [0.1, 0.15) is 5.75 Å². The summed E-state index contributed by atoms with van der Waals surface area (Å²) in [5.74, 6) is 1.03. The summed E-state index contributed by atoms with van der Waals surface area (Å²) in [6, 6.07) is 14.2. The Morgan fingerprint density at radius 3 is 2.95 bits per heavy atom. The predicted molar refractivity (Wildman–Crippen MR) is 82.4 cm³/mol. The fraction of sp³-hybridized carbons (Fsp3) is 0.278. The van der Waals surface area contributed by atoms with Crippen molar-refractivity contribution in [2.75, 3.05) is 6.61 Å². The average molecular weight is 281 g/mol. The van der Waals surface area contributed by atoms with Gasteiger partial charge in [-0.05, 0) is 29.7 Å². The Bertz CT molecular complexity index is 664. The van der Waals surface area contributed by atoms with Crippen LogP contribution >= 0.6 is 0 Å². The van der Waals surface area contributed by atoms with E-state index in [0.717, 1.165) is 29.9 Å². The van der Waals surface area contributed by atoms with E-state index >= 15 is 0 Å². The van der Waals surface area contributed by atoms with Gasteiger partial charge in [-0.25, -0.2) is 0 Å². The molecule has 2 aromatic rings. The summed E-state index contributed by atoms with van der Waals surface area (Å²) >= 11 is 0. The van der Waals surface area contributed by atoms with Crippen molar-refractivity contribution < 1.29 is 9.53 Å². The summed E-state index contributed by atoms with van der Waals surface area (Å²) < 4.78 is 5.48. The molecule has 0 fully saturated rings. The Hall–Kier alpha value is -2.29. The summed E-state index contributed by atoms with van der Waals surface area (Å²) in [6.45, 7) is 3.37. The summed E-state index contributed by atoms with van der Waals surface area (Å²) in [6.07, 6.45) is 1.39. The molecule has 0 saturated carbocycles. The van der Waals surface area contributed by atoms with Crippen LogP contribution in [0.4, 0.5) is 0 Å². The maximum atomic E-state index is 12.0. The first kappa shape index (κ1) is 13.7. The molecule has 0 aliphatic carbocycles. The highest BCUT2D eigenvalue weighted by Gasteiger charge is 2.12. The topological polar surface area (TPSA) is 38.3 Å². The molecule has 1 aliphatic heterocycles. The Kier molecular flexibility index (Phi) is 3.91. The lowest BCUT2D eigenvalue weighted by Crippen LogP contribution is -2.24. The minimum absolute atomic E-state index is 0.0531. The Labute approximate surface area is 124 Å². The number of nitrogens with one attached hydrogen (secondary N) is 1. The van der Waals surface area contributed by atoms with Gasteiger partial charge < -0.3 is 10.1 Å². The molecule has 1 N–H and O–H groups in total. The minimum atomic E-state index is 0.0531. The molecule has 108 valence electrons. The van der Waals surface area contributed by atoms with Crippen molar-refractivity contribution in [3.8, 4) is 5.75 Å². The van der Waals surface area contributed by atoms with Gasteiger partial charge in [0.05, 0.1) is 13.0 Å². The first-order chi connectivity index (χ1) is 10.2. The number of hydrogen-bond acceptors (Lipinski definition) is 2. The molecule has 3 heteroatoms. The van der Waals surface area contributed by atoms with E-state index in [4.69, 9.17) is 4.74 Å². The zero-order chi connectivity index (χ0) is 14.7. The third-order valence-corrected chi connectivity index (χ3v) is 3.69. The van der Waals surface area contributed by atoms with Crippen LogP contribution in [0.15, 0.2) is 42.5 Å². The van der Waals surface area contributed by atoms with Crippen molar-refractivity contribution in [3.63, 3.8) is 0 Å². The lowest BCUT2D eigenvalue weighted by molar-refractivity contribution is -0.120. The molecule has 0 spiro atoms. The zero-order valence-electron chi connectivity index (χ0n) is 12.2. The van der Waals surface area contributed by atoms with Gasteiger partial charge in [0.25, 0.3) is 0 Å². The molecule has 0 radical (unpaired) electrons. The molecule has 0 atom stereocenters. The second kappa shape index (κ2) is 6.00. The van der Waals surface area contributed by atoms with Gasteiger partial charge in [-0.2, -0.15) is 0 Å². The summed E-state index contributed by atoms with van der Waals surface area (Å²) in [4.78, 5) is 12.0. The molecule has 0 unspecified atom stereocenters. The molecule has 1 amide bonds. The number of fused-ring (bicyclic) bond motifs is 1. The van der Waals surface area contributed by atoms with E-state index in [1.807, 2.05) is 43.3 Å². The van der Waals surface area contributed by atoms with Crippen molar-refractivity contribution in [2.45, 2.75) is 26.3 Å². The summed E-state index contributed by atoms with van der Waals surface area (Å²) in [7, 11) is 0. The van der Waals surface area contributed by atoms with Crippen LogP contribution in [0.2, 0.25) is 0 Å². The number of hydrogen-bond donors (Lipinski definition) is 1. The van der Waals surface area contributed by atoms with Crippen molar-refractivity contribution in [2.24, 2.45) is 0 Å². The maximum Gasteiger partial charge on any atom is 0.224 e. The summed E-state index contributed by atoms with van der Waals surface area (Å²) in [5, 5.41) is 2.98. The molecule has 1 aliphatic rings. The highest BCUT2D eigenvalue weighted by molar-refractivity contribution is 5.78. The molecule has 0 saturated heterocycles. The SMILES string of the molecule is Cc1cccc(CC(=O)NCc2ccc3c(c2)CCO3)c1. The number of rotatable bonds is 4. The van der Waals surface area contributed by atoms with Crippen molar-refractivity contribution in [1.82, 2.24) is 5.32 Å². The number of ether oxygens (including phenoxy) is 1. The minimum Gasteiger partial charge on any atom is -0.493 e. The molecule has 3 rings (SSSR count). The van der Waals surface area contributed by atoms with Gasteiger partial charge in [-0.15, -0.1) is 0 Å². The van der Waals surface area contributed by atoms with Gasteiger partial charge in [0.2, 0.25) is 5.91 Å². The second-order valence-electron chi connectivity index (χ2n) is 5.48. The van der Waals surface area contributed by atoms with Crippen LogP contribution in [0.1, 0.15) is 22.3 Å². The van der Waals surface area contributed by atoms with E-state index < -0.39 is 0 Å². The van der Waals surface area contributed by atoms with E-state index in [-0.39, 0.29) is 5.91 Å². The van der Waals surface area contributed by atoms with Crippen molar-refractivity contribution in [1.29, 1.82) is 0 Å². The van der Waals surface area contributed by atoms with E-state index in [1.165, 1.54) is 11.1 Å². The van der Waals surface area contributed by atoms with Crippen molar-refractivity contribution in [3.05, 3.63) is 64.7 Å². The van der Waals surface area contributed by atoms with Crippen LogP contribution in [0.25, 0.3) is 0 Å². The van der Waals surface area contributed by atoms with E-state index in [0.29, 0.717) is 13.0 Å². The highest BCUT2D eigenvalue weighted by atomic mass is 16.5. The van der Waals surface area contributed by atoms with Crippen LogP contribution in [0, 0.1) is 6.92 Å². The van der Waals surface area contributed by atoms with Gasteiger partial charge in [0, 0.05) is 13.0 Å². The van der Waals surface area contributed by atoms with Crippen LogP contribution in [-0.2, 0) is 24.2 Å². The lowest BCUT2D eigenvalue weighted by Gasteiger charge is -2.07. The van der Waals surface area contributed by atoms with Crippen LogP contribution in [0.5, 0.6) is 5.75 Å². The lowest BCUT2D eigenvalue weighted by atomic mass is 10.1. The van der Waals surface area contributed by atoms with Crippen molar-refractivity contribution >= 4 is 5.91 Å². The number of aryl methyl sites for hydroxylation is 1. The highest BCUT2D eigenvalue weighted by Crippen LogP contribution is 2.25. The molecule has 1 heterocycles. The Balaban J connectivity index is 1.56. The van der Waals surface area contributed by atoms with Gasteiger partial charge in [-0.1, -0.05) is 42.0 Å². The molecule has 0 bridgehead atoms. The van der Waals surface area contributed by atoms with Gasteiger partial charge in [-0.3, -0.25) is 4.79 Å². The normalized spacial score (nSPS) is 12.6. The third-order valence-electron chi connectivity index (χ3n) is 3.69.